The number of nitrogens with zero attached hydrogens (tertiary/aromatic N) is 2. The minimum atomic E-state index is 0.497. The second kappa shape index (κ2) is 3.93. The first kappa shape index (κ1) is 8.01. The average Bonchev–Trinajstić information content (AvgIpc) is 2.07. The Balaban J connectivity index is 2.61. The Kier molecular flexibility index (Phi) is 2.86. The summed E-state index contributed by atoms with van der Waals surface area (Å²) in [6, 6.07) is 5.67. The van der Waals surface area contributed by atoms with Gasteiger partial charge in [-0.25, -0.2) is 4.98 Å². The molecule has 59 valence electrons. The van der Waals surface area contributed by atoms with Crippen molar-refractivity contribution < 1.29 is 5.11 Å². The molecule has 3 heteroatoms. The molecule has 1 aromatic heterocycles. The van der Waals surface area contributed by atoms with Crippen LogP contribution in [0.2, 0.25) is 0 Å². The van der Waals surface area contributed by atoms with Crippen molar-refractivity contribution >= 4 is 5.82 Å². The van der Waals surface area contributed by atoms with Crippen LogP contribution in [0, 0.1) is 6.61 Å². The monoisotopic (exact) mass is 151 g/mol. The predicted molar refractivity (Wildman–Crippen MR) is 43.7 cm³/mol. The van der Waals surface area contributed by atoms with Crippen LogP contribution >= 0.6 is 0 Å². The molecule has 0 bridgehead atoms. The Morgan fingerprint density at radius 3 is 3.00 bits per heavy atom. The molecule has 0 atom stereocenters. The van der Waals surface area contributed by atoms with Gasteiger partial charge in [-0.1, -0.05) is 6.07 Å². The van der Waals surface area contributed by atoms with Crippen molar-refractivity contribution in [3.05, 3.63) is 31.0 Å². The third-order valence-corrected chi connectivity index (χ3v) is 1.40. The molecule has 11 heavy (non-hydrogen) atoms. The molecule has 0 saturated carbocycles. The van der Waals surface area contributed by atoms with Crippen LogP contribution in [0.15, 0.2) is 24.4 Å². The van der Waals surface area contributed by atoms with Crippen LogP contribution in [0.3, 0.4) is 0 Å². The third-order valence-electron chi connectivity index (χ3n) is 1.40. The van der Waals surface area contributed by atoms with E-state index in [2.05, 4.69) is 4.98 Å². The average molecular weight is 151 g/mol. The molecule has 0 amide bonds. The number of hydrogen-bond donors (Lipinski definition) is 1. The number of rotatable bonds is 3. The van der Waals surface area contributed by atoms with Crippen molar-refractivity contribution in [3.63, 3.8) is 0 Å². The van der Waals surface area contributed by atoms with Crippen molar-refractivity contribution in [1.29, 1.82) is 0 Å². The molecule has 1 aromatic rings. The molecule has 0 saturated heterocycles. The van der Waals surface area contributed by atoms with Crippen LogP contribution in [-0.2, 0) is 0 Å². The second-order valence-corrected chi connectivity index (χ2v) is 2.25. The molecule has 1 N–H and O–H groups in total. The van der Waals surface area contributed by atoms with Crippen LogP contribution in [0.5, 0.6) is 0 Å². The van der Waals surface area contributed by atoms with Crippen LogP contribution in [0.1, 0.15) is 0 Å². The fourth-order valence-corrected chi connectivity index (χ4v) is 0.796. The highest BCUT2D eigenvalue weighted by atomic mass is 16.3. The highest BCUT2D eigenvalue weighted by molar-refractivity contribution is 5.36. The van der Waals surface area contributed by atoms with Crippen LogP contribution < -0.4 is 4.90 Å². The van der Waals surface area contributed by atoms with E-state index >= 15 is 0 Å². The maximum Gasteiger partial charge on any atom is 0.128 e. The minimum absolute atomic E-state index is 0.497. The molecular weight excluding hydrogens is 140 g/mol. The summed E-state index contributed by atoms with van der Waals surface area (Å²) >= 11 is 0. The van der Waals surface area contributed by atoms with E-state index < -0.39 is 0 Å². The van der Waals surface area contributed by atoms with Gasteiger partial charge < -0.3 is 10.0 Å². The molecule has 0 aromatic carbocycles. The lowest BCUT2D eigenvalue weighted by Gasteiger charge is -2.15. The first-order valence-electron chi connectivity index (χ1n) is 3.42. The molecule has 1 rings (SSSR count). The van der Waals surface area contributed by atoms with Crippen LogP contribution in [0.25, 0.3) is 0 Å². The Hall–Kier alpha value is -1.09. The quantitative estimate of drug-likeness (QED) is 0.701. The van der Waals surface area contributed by atoms with Gasteiger partial charge in [0, 0.05) is 19.8 Å². The van der Waals surface area contributed by atoms with Gasteiger partial charge in [0.2, 0.25) is 0 Å². The summed E-state index contributed by atoms with van der Waals surface area (Å²) in [4.78, 5) is 5.94. The summed E-state index contributed by atoms with van der Waals surface area (Å²) in [6.07, 6.45) is 1.73. The summed E-state index contributed by atoms with van der Waals surface area (Å²) in [6.45, 7) is 1.60. The Morgan fingerprint density at radius 2 is 2.45 bits per heavy atom. The summed E-state index contributed by atoms with van der Waals surface area (Å²) in [7, 11) is 1.87. The summed E-state index contributed by atoms with van der Waals surface area (Å²) in [5.41, 5.74) is 0. The first-order valence-corrected chi connectivity index (χ1v) is 3.42. The number of pyridine rings is 1. The normalized spacial score (nSPS) is 9.64. The van der Waals surface area contributed by atoms with Gasteiger partial charge in [-0.3, -0.25) is 0 Å². The molecule has 0 fully saturated rings. The second-order valence-electron chi connectivity index (χ2n) is 2.25. The molecule has 0 unspecified atom stereocenters. The fourth-order valence-electron chi connectivity index (χ4n) is 0.796. The van der Waals surface area contributed by atoms with Crippen molar-refractivity contribution in [3.8, 4) is 0 Å². The van der Waals surface area contributed by atoms with Crippen LogP contribution in [0.4, 0.5) is 5.82 Å². The largest absolute Gasteiger partial charge is 0.389 e. The first-order chi connectivity index (χ1) is 5.34. The zero-order valence-electron chi connectivity index (χ0n) is 6.44. The van der Waals surface area contributed by atoms with Crippen LogP contribution in [-0.4, -0.2) is 23.7 Å². The van der Waals surface area contributed by atoms with Gasteiger partial charge in [0.15, 0.2) is 0 Å². The van der Waals surface area contributed by atoms with Gasteiger partial charge in [-0.05, 0) is 12.1 Å². The van der Waals surface area contributed by atoms with E-state index in [1.807, 2.05) is 30.1 Å². The fraction of sp³-hybridized carbons (Fsp3) is 0.250. The van der Waals surface area contributed by atoms with E-state index in [1.165, 1.54) is 0 Å². The van der Waals surface area contributed by atoms with Crippen molar-refractivity contribution in [2.24, 2.45) is 0 Å². The highest BCUT2D eigenvalue weighted by Gasteiger charge is 1.97. The molecular formula is C8H11N2O. The number of aliphatic hydroxyl groups is 1. The summed E-state index contributed by atoms with van der Waals surface area (Å²) < 4.78 is 0. The van der Waals surface area contributed by atoms with Crippen molar-refractivity contribution in [2.75, 3.05) is 18.5 Å². The maximum atomic E-state index is 8.50. The zero-order chi connectivity index (χ0) is 8.10. The number of likely N-dealkylation sites (N-methyl/N-ethyl adjacent to an activating group) is 1. The molecule has 1 radical (unpaired) electrons. The molecule has 0 spiro atoms. The summed E-state index contributed by atoms with van der Waals surface area (Å²) in [5, 5.41) is 8.50. The number of aromatic nitrogens is 1. The Labute approximate surface area is 66.3 Å². The smallest absolute Gasteiger partial charge is 0.128 e. The molecule has 0 aliphatic rings. The SMILES string of the molecule is CN(C[CH]O)c1ccccn1. The Bertz CT molecular complexity index is 201. The lowest BCUT2D eigenvalue weighted by molar-refractivity contribution is 0.388. The third kappa shape index (κ3) is 2.20. The van der Waals surface area contributed by atoms with Crippen molar-refractivity contribution in [1.82, 2.24) is 4.98 Å². The molecule has 1 heterocycles. The number of hydrogen-bond acceptors (Lipinski definition) is 3. The summed E-state index contributed by atoms with van der Waals surface area (Å²) in [5.74, 6) is 0.859. The number of aliphatic hydroxyl groups excluding tert-OH is 1. The Morgan fingerprint density at radius 1 is 1.64 bits per heavy atom. The predicted octanol–water partition coefficient (Wildman–Crippen LogP) is 1.05. The lowest BCUT2D eigenvalue weighted by Crippen LogP contribution is -2.19. The van der Waals surface area contributed by atoms with Gasteiger partial charge >= 0.3 is 0 Å². The van der Waals surface area contributed by atoms with E-state index in [9.17, 15) is 0 Å². The maximum absolute atomic E-state index is 8.50. The zero-order valence-corrected chi connectivity index (χ0v) is 6.44. The minimum Gasteiger partial charge on any atom is -0.389 e. The number of anilines is 1. The highest BCUT2D eigenvalue weighted by Crippen LogP contribution is 2.05. The molecule has 0 aliphatic heterocycles. The van der Waals surface area contributed by atoms with E-state index in [4.69, 9.17) is 5.11 Å². The standard InChI is InChI=1S/C8H11N2O/c1-10(6-7-11)8-4-2-3-5-9-8/h2-5,7,11H,6H2,1H3. The van der Waals surface area contributed by atoms with Gasteiger partial charge in [-0.2, -0.15) is 0 Å². The lowest BCUT2D eigenvalue weighted by atomic mass is 10.4. The van der Waals surface area contributed by atoms with Crippen molar-refractivity contribution in [2.45, 2.75) is 0 Å². The topological polar surface area (TPSA) is 36.4 Å². The van der Waals surface area contributed by atoms with E-state index in [0.29, 0.717) is 6.54 Å². The van der Waals surface area contributed by atoms with Gasteiger partial charge in [0.05, 0.1) is 6.61 Å². The van der Waals surface area contributed by atoms with E-state index in [0.717, 1.165) is 12.4 Å². The van der Waals surface area contributed by atoms with E-state index in [-0.39, 0.29) is 0 Å². The van der Waals surface area contributed by atoms with Gasteiger partial charge in [0.25, 0.3) is 0 Å². The molecule has 3 nitrogen and oxygen atoms in total. The van der Waals surface area contributed by atoms with E-state index in [1.54, 1.807) is 6.20 Å². The van der Waals surface area contributed by atoms with Gasteiger partial charge in [0.1, 0.15) is 5.82 Å². The van der Waals surface area contributed by atoms with Gasteiger partial charge in [-0.15, -0.1) is 0 Å². The molecule has 0 aliphatic carbocycles.